The third-order valence-corrected chi connectivity index (χ3v) is 5.00. The topological polar surface area (TPSA) is 90.4 Å². The molecule has 0 spiro atoms. The number of carboxylic acids is 1. The molecule has 0 unspecified atom stereocenters. The van der Waals surface area contributed by atoms with Crippen molar-refractivity contribution in [2.45, 2.75) is 26.7 Å². The van der Waals surface area contributed by atoms with Gasteiger partial charge in [-0.05, 0) is 36.8 Å². The number of aromatic carboxylic acids is 1. The lowest BCUT2D eigenvalue weighted by molar-refractivity contribution is 0.0696. The van der Waals surface area contributed by atoms with Gasteiger partial charge >= 0.3 is 5.97 Å². The van der Waals surface area contributed by atoms with E-state index in [-0.39, 0.29) is 5.56 Å². The van der Waals surface area contributed by atoms with Crippen LogP contribution in [0.25, 0.3) is 5.69 Å². The molecular weight excluding hydrogens is 394 g/mol. The van der Waals surface area contributed by atoms with Gasteiger partial charge in [0.15, 0.2) is 5.89 Å². The first kappa shape index (κ1) is 20.4. The summed E-state index contributed by atoms with van der Waals surface area (Å²) < 4.78 is 12.9. The highest BCUT2D eigenvalue weighted by Gasteiger charge is 2.18. The predicted molar refractivity (Wildman–Crippen MR) is 115 cm³/mol. The van der Waals surface area contributed by atoms with Crippen molar-refractivity contribution in [2.75, 3.05) is 6.61 Å². The molecular formula is C24H23N3O4. The SMILES string of the molecule is Cc1nc(CCOc2ccc(Cc3c(C(=O)O)cnn3-c3ccccc3)cc2)c(C)o1. The fraction of sp³-hybridized carbons (Fsp3) is 0.208. The lowest BCUT2D eigenvalue weighted by atomic mass is 10.1. The van der Waals surface area contributed by atoms with E-state index >= 15 is 0 Å². The van der Waals surface area contributed by atoms with Crippen molar-refractivity contribution < 1.29 is 19.1 Å². The van der Waals surface area contributed by atoms with E-state index in [9.17, 15) is 9.90 Å². The predicted octanol–water partition coefficient (Wildman–Crippen LogP) is 4.39. The summed E-state index contributed by atoms with van der Waals surface area (Å²) in [5, 5.41) is 13.9. The number of hydrogen-bond acceptors (Lipinski definition) is 5. The molecule has 31 heavy (non-hydrogen) atoms. The fourth-order valence-corrected chi connectivity index (χ4v) is 3.48. The summed E-state index contributed by atoms with van der Waals surface area (Å²) in [7, 11) is 0. The summed E-state index contributed by atoms with van der Waals surface area (Å²) in [5.74, 6) is 1.24. The van der Waals surface area contributed by atoms with Crippen LogP contribution in [0.3, 0.4) is 0 Å². The quantitative estimate of drug-likeness (QED) is 0.457. The first-order valence-electron chi connectivity index (χ1n) is 10.0. The van der Waals surface area contributed by atoms with E-state index in [4.69, 9.17) is 9.15 Å². The molecule has 4 aromatic rings. The molecule has 0 atom stereocenters. The average Bonchev–Trinajstić information content (AvgIpc) is 3.32. The van der Waals surface area contributed by atoms with Crippen molar-refractivity contribution in [3.8, 4) is 11.4 Å². The molecule has 0 aliphatic rings. The molecule has 0 aliphatic carbocycles. The lowest BCUT2D eigenvalue weighted by Gasteiger charge is -2.10. The van der Waals surface area contributed by atoms with E-state index in [1.807, 2.05) is 68.4 Å². The minimum absolute atomic E-state index is 0.197. The zero-order valence-electron chi connectivity index (χ0n) is 17.4. The van der Waals surface area contributed by atoms with Crippen molar-refractivity contribution >= 4 is 5.97 Å². The number of aromatic nitrogens is 3. The number of aryl methyl sites for hydroxylation is 2. The number of oxazole rings is 1. The zero-order chi connectivity index (χ0) is 21.8. The number of hydrogen-bond donors (Lipinski definition) is 1. The van der Waals surface area contributed by atoms with Crippen LogP contribution in [0.15, 0.2) is 65.2 Å². The number of ether oxygens (including phenoxy) is 1. The second kappa shape index (κ2) is 8.87. The Morgan fingerprint density at radius 2 is 1.84 bits per heavy atom. The summed E-state index contributed by atoms with van der Waals surface area (Å²) in [6.07, 6.45) is 2.51. The van der Waals surface area contributed by atoms with Crippen LogP contribution in [0.2, 0.25) is 0 Å². The number of nitrogens with zero attached hydrogens (tertiary/aromatic N) is 3. The van der Waals surface area contributed by atoms with E-state index in [0.717, 1.165) is 28.5 Å². The number of benzene rings is 2. The van der Waals surface area contributed by atoms with Crippen LogP contribution in [-0.2, 0) is 12.8 Å². The largest absolute Gasteiger partial charge is 0.493 e. The molecule has 2 heterocycles. The molecule has 0 fully saturated rings. The first-order valence-corrected chi connectivity index (χ1v) is 10.0. The van der Waals surface area contributed by atoms with Crippen LogP contribution >= 0.6 is 0 Å². The number of para-hydroxylation sites is 1. The summed E-state index contributed by atoms with van der Waals surface area (Å²) in [6.45, 7) is 4.22. The van der Waals surface area contributed by atoms with Crippen LogP contribution in [0.1, 0.15) is 39.0 Å². The maximum Gasteiger partial charge on any atom is 0.339 e. The maximum atomic E-state index is 11.7. The lowest BCUT2D eigenvalue weighted by Crippen LogP contribution is -2.07. The van der Waals surface area contributed by atoms with E-state index in [2.05, 4.69) is 10.1 Å². The third-order valence-electron chi connectivity index (χ3n) is 5.00. The molecule has 0 bridgehead atoms. The number of carbonyl (C=O) groups is 1. The Balaban J connectivity index is 1.46. The van der Waals surface area contributed by atoms with E-state index < -0.39 is 5.97 Å². The van der Waals surface area contributed by atoms with Crippen molar-refractivity contribution in [1.82, 2.24) is 14.8 Å². The van der Waals surface area contributed by atoms with Gasteiger partial charge in [-0.15, -0.1) is 0 Å². The third kappa shape index (κ3) is 4.66. The Labute approximate surface area is 179 Å². The van der Waals surface area contributed by atoms with Gasteiger partial charge in [0.2, 0.25) is 0 Å². The standard InChI is InChI=1S/C24H23N3O4/c1-16-22(26-17(2)31-16)12-13-30-20-10-8-18(9-11-20)14-23-21(24(28)29)15-25-27(23)19-6-4-3-5-7-19/h3-11,15H,12-14H2,1-2H3,(H,28,29). The fourth-order valence-electron chi connectivity index (χ4n) is 3.48. The molecule has 0 saturated carbocycles. The van der Waals surface area contributed by atoms with E-state index in [1.165, 1.54) is 6.20 Å². The normalized spacial score (nSPS) is 10.9. The van der Waals surface area contributed by atoms with Crippen LogP contribution in [-0.4, -0.2) is 32.4 Å². The van der Waals surface area contributed by atoms with Gasteiger partial charge < -0.3 is 14.3 Å². The minimum atomic E-state index is -0.990. The molecule has 7 heteroatoms. The highest BCUT2D eigenvalue weighted by atomic mass is 16.5. The van der Waals surface area contributed by atoms with Crippen molar-refractivity contribution in [3.05, 3.63) is 95.0 Å². The molecule has 158 valence electrons. The van der Waals surface area contributed by atoms with Gasteiger partial charge in [-0.25, -0.2) is 14.5 Å². The van der Waals surface area contributed by atoms with Gasteiger partial charge in [0.05, 0.1) is 29.9 Å². The van der Waals surface area contributed by atoms with Crippen LogP contribution in [0, 0.1) is 13.8 Å². The molecule has 0 amide bonds. The highest BCUT2D eigenvalue weighted by molar-refractivity contribution is 5.89. The van der Waals surface area contributed by atoms with Crippen LogP contribution < -0.4 is 4.74 Å². The van der Waals surface area contributed by atoms with Gasteiger partial charge in [0.25, 0.3) is 0 Å². The number of carboxylic acid groups (broad SMARTS) is 1. The maximum absolute atomic E-state index is 11.7. The Morgan fingerprint density at radius 1 is 1.10 bits per heavy atom. The monoisotopic (exact) mass is 417 g/mol. The first-order chi connectivity index (χ1) is 15.0. The number of rotatable bonds is 8. The van der Waals surface area contributed by atoms with Gasteiger partial charge in [-0.2, -0.15) is 5.10 Å². The molecule has 4 rings (SSSR count). The molecule has 2 aromatic heterocycles. The summed E-state index contributed by atoms with van der Waals surface area (Å²) in [5.41, 5.74) is 3.52. The Bertz CT molecular complexity index is 1180. The van der Waals surface area contributed by atoms with E-state index in [0.29, 0.717) is 31.0 Å². The summed E-state index contributed by atoms with van der Waals surface area (Å²) >= 11 is 0. The Morgan fingerprint density at radius 3 is 2.48 bits per heavy atom. The smallest absolute Gasteiger partial charge is 0.339 e. The van der Waals surface area contributed by atoms with E-state index in [1.54, 1.807) is 4.68 Å². The summed E-state index contributed by atoms with van der Waals surface area (Å²) in [4.78, 5) is 16.0. The molecule has 0 aliphatic heterocycles. The second-order valence-electron chi connectivity index (χ2n) is 7.21. The molecule has 0 saturated heterocycles. The second-order valence-corrected chi connectivity index (χ2v) is 7.21. The molecule has 2 aromatic carbocycles. The minimum Gasteiger partial charge on any atom is -0.493 e. The Hall–Kier alpha value is -3.87. The van der Waals surface area contributed by atoms with Crippen molar-refractivity contribution in [3.63, 3.8) is 0 Å². The van der Waals surface area contributed by atoms with Crippen molar-refractivity contribution in [2.24, 2.45) is 0 Å². The summed E-state index contributed by atoms with van der Waals surface area (Å²) in [6, 6.07) is 17.2. The van der Waals surface area contributed by atoms with Crippen LogP contribution in [0.5, 0.6) is 5.75 Å². The molecule has 0 radical (unpaired) electrons. The highest BCUT2D eigenvalue weighted by Crippen LogP contribution is 2.21. The molecule has 7 nitrogen and oxygen atoms in total. The van der Waals surface area contributed by atoms with Gasteiger partial charge in [-0.1, -0.05) is 30.3 Å². The van der Waals surface area contributed by atoms with Gasteiger partial charge in [0, 0.05) is 19.8 Å². The average molecular weight is 417 g/mol. The van der Waals surface area contributed by atoms with Gasteiger partial charge in [0.1, 0.15) is 17.1 Å². The van der Waals surface area contributed by atoms with Gasteiger partial charge in [-0.3, -0.25) is 0 Å². The zero-order valence-corrected chi connectivity index (χ0v) is 17.4. The Kier molecular flexibility index (Phi) is 5.84. The molecule has 1 N–H and O–H groups in total. The van der Waals surface area contributed by atoms with Crippen LogP contribution in [0.4, 0.5) is 0 Å². The van der Waals surface area contributed by atoms with Crippen molar-refractivity contribution in [1.29, 1.82) is 0 Å².